The fourth-order valence-corrected chi connectivity index (χ4v) is 2.18. The molecule has 0 radical (unpaired) electrons. The van der Waals surface area contributed by atoms with Crippen LogP contribution in [-0.2, 0) is 22.6 Å². The van der Waals surface area contributed by atoms with Crippen LogP contribution in [0.4, 0.5) is 0 Å². The lowest BCUT2D eigenvalue weighted by molar-refractivity contribution is 0.0313. The molecule has 0 aliphatic rings. The van der Waals surface area contributed by atoms with Crippen molar-refractivity contribution in [1.82, 2.24) is 5.32 Å². The Morgan fingerprint density at radius 1 is 1.21 bits per heavy atom. The van der Waals surface area contributed by atoms with Gasteiger partial charge in [-0.3, -0.25) is 0 Å². The Kier molecular flexibility index (Phi) is 8.30. The van der Waals surface area contributed by atoms with Gasteiger partial charge in [0.2, 0.25) is 0 Å². The molecule has 0 bridgehead atoms. The molecule has 0 spiro atoms. The fourth-order valence-electron chi connectivity index (χ4n) is 1.64. The molecule has 1 rings (SSSR count). The summed E-state index contributed by atoms with van der Waals surface area (Å²) in [6, 6.07) is 6.35. The summed E-state index contributed by atoms with van der Waals surface area (Å²) in [6.07, 6.45) is 0. The van der Waals surface area contributed by atoms with Crippen LogP contribution in [0.2, 0.25) is 0 Å². The van der Waals surface area contributed by atoms with Crippen LogP contribution in [-0.4, -0.2) is 26.9 Å². The first-order chi connectivity index (χ1) is 9.13. The van der Waals surface area contributed by atoms with Gasteiger partial charge in [0, 0.05) is 17.6 Å². The minimum Gasteiger partial charge on any atom is -0.379 e. The molecule has 0 heterocycles. The summed E-state index contributed by atoms with van der Waals surface area (Å²) in [5, 5.41) is 3.14. The summed E-state index contributed by atoms with van der Waals surface area (Å²) in [5.41, 5.74) is 2.43. The second kappa shape index (κ2) is 9.48. The zero-order chi connectivity index (χ0) is 14.1. The van der Waals surface area contributed by atoms with E-state index in [-0.39, 0.29) is 0 Å². The molecule has 0 saturated carbocycles. The molecule has 108 valence electrons. The minimum absolute atomic E-state index is 0.578. The second-order valence-electron chi connectivity index (χ2n) is 4.98. The highest BCUT2D eigenvalue weighted by Crippen LogP contribution is 2.19. The number of nitrogens with one attached hydrogen (secondary N) is 1. The average Bonchev–Trinajstić information content (AvgIpc) is 2.36. The second-order valence-corrected chi connectivity index (χ2v) is 5.83. The highest BCUT2D eigenvalue weighted by Gasteiger charge is 2.02. The Labute approximate surface area is 124 Å². The third-order valence-corrected chi connectivity index (χ3v) is 3.32. The zero-order valence-electron chi connectivity index (χ0n) is 12.0. The SMILES string of the molecule is CNCc1ccc(COCCOCC(C)C)c(Br)c1. The Balaban J connectivity index is 2.25. The van der Waals surface area contributed by atoms with Crippen molar-refractivity contribution in [2.45, 2.75) is 27.0 Å². The van der Waals surface area contributed by atoms with Crippen LogP contribution in [0.1, 0.15) is 25.0 Å². The first-order valence-corrected chi connectivity index (χ1v) is 7.50. The molecule has 1 aromatic rings. The molecule has 3 nitrogen and oxygen atoms in total. The molecular weight excluding hydrogens is 306 g/mol. The van der Waals surface area contributed by atoms with E-state index in [1.807, 2.05) is 7.05 Å². The van der Waals surface area contributed by atoms with Crippen LogP contribution in [0, 0.1) is 5.92 Å². The van der Waals surface area contributed by atoms with E-state index in [2.05, 4.69) is 53.3 Å². The van der Waals surface area contributed by atoms with Gasteiger partial charge in [0.25, 0.3) is 0 Å². The molecule has 0 saturated heterocycles. The molecule has 0 atom stereocenters. The lowest BCUT2D eigenvalue weighted by Gasteiger charge is -2.09. The fraction of sp³-hybridized carbons (Fsp3) is 0.600. The van der Waals surface area contributed by atoms with Crippen LogP contribution in [0.5, 0.6) is 0 Å². The maximum absolute atomic E-state index is 5.61. The molecular formula is C15H24BrNO2. The van der Waals surface area contributed by atoms with Crippen LogP contribution >= 0.6 is 15.9 Å². The number of ether oxygens (including phenoxy) is 2. The van der Waals surface area contributed by atoms with Crippen molar-refractivity contribution < 1.29 is 9.47 Å². The third kappa shape index (κ3) is 7.06. The van der Waals surface area contributed by atoms with Gasteiger partial charge < -0.3 is 14.8 Å². The van der Waals surface area contributed by atoms with E-state index in [9.17, 15) is 0 Å². The average molecular weight is 330 g/mol. The number of rotatable bonds is 9. The standard InChI is InChI=1S/C15H24BrNO2/c1-12(2)10-18-6-7-19-11-14-5-4-13(9-17-3)8-15(14)16/h4-5,8,12,17H,6-7,9-11H2,1-3H3. The van der Waals surface area contributed by atoms with Gasteiger partial charge in [-0.1, -0.05) is 41.9 Å². The zero-order valence-corrected chi connectivity index (χ0v) is 13.6. The molecule has 0 amide bonds. The van der Waals surface area contributed by atoms with Crippen molar-refractivity contribution in [1.29, 1.82) is 0 Å². The largest absolute Gasteiger partial charge is 0.379 e. The van der Waals surface area contributed by atoms with Gasteiger partial charge in [0.1, 0.15) is 0 Å². The van der Waals surface area contributed by atoms with Crippen molar-refractivity contribution >= 4 is 15.9 Å². The van der Waals surface area contributed by atoms with Gasteiger partial charge in [-0.05, 0) is 30.2 Å². The third-order valence-electron chi connectivity index (χ3n) is 2.58. The van der Waals surface area contributed by atoms with E-state index < -0.39 is 0 Å². The van der Waals surface area contributed by atoms with Crippen molar-refractivity contribution in [2.75, 3.05) is 26.9 Å². The predicted octanol–water partition coefficient (Wildman–Crippen LogP) is 3.36. The number of hydrogen-bond acceptors (Lipinski definition) is 3. The highest BCUT2D eigenvalue weighted by molar-refractivity contribution is 9.10. The molecule has 19 heavy (non-hydrogen) atoms. The Hall–Kier alpha value is -0.420. The van der Waals surface area contributed by atoms with Crippen molar-refractivity contribution in [2.24, 2.45) is 5.92 Å². The smallest absolute Gasteiger partial charge is 0.0728 e. The summed E-state index contributed by atoms with van der Waals surface area (Å²) >= 11 is 3.58. The number of benzene rings is 1. The summed E-state index contributed by atoms with van der Waals surface area (Å²) < 4.78 is 12.2. The maximum Gasteiger partial charge on any atom is 0.0728 e. The molecule has 0 unspecified atom stereocenters. The van der Waals surface area contributed by atoms with E-state index in [4.69, 9.17) is 9.47 Å². The Morgan fingerprint density at radius 3 is 2.58 bits per heavy atom. The first kappa shape index (κ1) is 16.6. The highest BCUT2D eigenvalue weighted by atomic mass is 79.9. The molecule has 0 fully saturated rings. The number of halogens is 1. The van der Waals surface area contributed by atoms with Crippen LogP contribution in [0.15, 0.2) is 22.7 Å². The van der Waals surface area contributed by atoms with E-state index >= 15 is 0 Å². The van der Waals surface area contributed by atoms with Gasteiger partial charge >= 0.3 is 0 Å². The quantitative estimate of drug-likeness (QED) is 0.705. The van der Waals surface area contributed by atoms with E-state index in [1.54, 1.807) is 0 Å². The van der Waals surface area contributed by atoms with Crippen molar-refractivity contribution in [3.8, 4) is 0 Å². The predicted molar refractivity (Wildman–Crippen MR) is 82.2 cm³/mol. The summed E-state index contributed by atoms with van der Waals surface area (Å²) in [4.78, 5) is 0. The van der Waals surface area contributed by atoms with Crippen LogP contribution in [0.3, 0.4) is 0 Å². The van der Waals surface area contributed by atoms with Gasteiger partial charge in [0.15, 0.2) is 0 Å². The van der Waals surface area contributed by atoms with Crippen molar-refractivity contribution in [3.05, 3.63) is 33.8 Å². The topological polar surface area (TPSA) is 30.5 Å². The van der Waals surface area contributed by atoms with Crippen LogP contribution in [0.25, 0.3) is 0 Å². The monoisotopic (exact) mass is 329 g/mol. The molecule has 0 aliphatic heterocycles. The number of hydrogen-bond donors (Lipinski definition) is 1. The molecule has 4 heteroatoms. The van der Waals surface area contributed by atoms with E-state index in [0.717, 1.165) is 17.6 Å². The van der Waals surface area contributed by atoms with Gasteiger partial charge in [-0.25, -0.2) is 0 Å². The Morgan fingerprint density at radius 2 is 1.95 bits per heavy atom. The molecule has 1 N–H and O–H groups in total. The minimum atomic E-state index is 0.578. The molecule has 0 aromatic heterocycles. The maximum atomic E-state index is 5.61. The van der Waals surface area contributed by atoms with Crippen molar-refractivity contribution in [3.63, 3.8) is 0 Å². The van der Waals surface area contributed by atoms with Gasteiger partial charge in [0.05, 0.1) is 19.8 Å². The van der Waals surface area contributed by atoms with Crippen LogP contribution < -0.4 is 5.32 Å². The summed E-state index contributed by atoms with van der Waals surface area (Å²) in [7, 11) is 1.95. The van der Waals surface area contributed by atoms with E-state index in [1.165, 1.54) is 11.1 Å². The normalized spacial score (nSPS) is 11.2. The summed E-state index contributed by atoms with van der Waals surface area (Å²) in [6.45, 7) is 7.88. The lowest BCUT2D eigenvalue weighted by atomic mass is 10.1. The van der Waals surface area contributed by atoms with Gasteiger partial charge in [-0.2, -0.15) is 0 Å². The summed E-state index contributed by atoms with van der Waals surface area (Å²) in [5.74, 6) is 0.578. The lowest BCUT2D eigenvalue weighted by Crippen LogP contribution is -2.09. The molecule has 0 aliphatic carbocycles. The Bertz CT molecular complexity index is 369. The molecule has 1 aromatic carbocycles. The first-order valence-electron chi connectivity index (χ1n) is 6.71. The van der Waals surface area contributed by atoms with E-state index in [0.29, 0.717) is 25.7 Å². The van der Waals surface area contributed by atoms with Gasteiger partial charge in [-0.15, -0.1) is 0 Å².